The van der Waals surface area contributed by atoms with Gasteiger partial charge < -0.3 is 15.9 Å². The number of aliphatic carboxylic acids is 1. The molecule has 4 N–H and O–H groups in total. The number of carboxylic acids is 1. The highest BCUT2D eigenvalue weighted by atomic mass is 35.5. The third-order valence-electron chi connectivity index (χ3n) is 13.9. The van der Waals surface area contributed by atoms with E-state index in [-0.39, 0.29) is 97.6 Å². The van der Waals surface area contributed by atoms with E-state index in [9.17, 15) is 47.0 Å². The molecule has 10 rings (SSSR count). The maximum absolute atomic E-state index is 12.9. The summed E-state index contributed by atoms with van der Waals surface area (Å²) in [6.07, 6.45) is 15.2. The molecule has 4 aliphatic rings. The summed E-state index contributed by atoms with van der Waals surface area (Å²) in [5.74, 6) is -2.40. The Hall–Kier alpha value is -7.70. The van der Waals surface area contributed by atoms with Crippen LogP contribution < -0.4 is 5.73 Å². The van der Waals surface area contributed by atoms with E-state index in [2.05, 4.69) is 24.3 Å². The van der Waals surface area contributed by atoms with Gasteiger partial charge in [-0.05, 0) is 154 Å². The molecule has 0 amide bonds. The Bertz CT molecular complexity index is 2720. The van der Waals surface area contributed by atoms with Gasteiger partial charge in [-0.15, -0.1) is 12.4 Å². The Kier molecular flexibility index (Phi) is 23.5. The zero-order valence-corrected chi connectivity index (χ0v) is 44.1. The maximum Gasteiger partial charge on any atom is 0.317 e. The highest BCUT2D eigenvalue weighted by Gasteiger charge is 2.57. The number of carboxylic acid groups (broad SMARTS) is 1. The number of halogens is 4. The molecular formula is C65H69ClF3NO8. The quantitative estimate of drug-likeness (QED) is 0.0485. The molecule has 0 spiro atoms. The summed E-state index contributed by atoms with van der Waals surface area (Å²) in [7, 11) is 0. The number of phenolic OH excluding ortho intramolecular Hbond substituents is 1. The number of benzene rings is 6. The standard InChI is InChI=1S/C20H19FO2.C19H17FO3.C12H11FO3.C7H9N.C6H8.CH4.ClH/c1-14-2-4-15(5-3-14)12-18(22)20(10-11-20)19(23)13-16-6-8-17(21)9-7-16;20-15-5-1-13(2-6-15)11-17(22)19(9-10-19)18(23)12-14-3-7-16(21)8-4-14;13-9-3-1-8(2-4-9)7-10(14)12(5-6-12)11(15)16;1-6-2-4-7(8)5-3-6;1-2-4-6-5-3-1;;/h2-9H,10-13H2,1H3;1-8,21H,9-12H2;1-4H,5-7H2,(H,15,16);2-5H,8H2,1H3;1-2,5-6H,3-4H2;1H4;1H. The van der Waals surface area contributed by atoms with Gasteiger partial charge in [0.1, 0.15) is 28.6 Å². The number of ketones is 5. The Morgan fingerprint density at radius 2 is 0.641 bits per heavy atom. The van der Waals surface area contributed by atoms with Gasteiger partial charge in [-0.25, -0.2) is 13.2 Å². The van der Waals surface area contributed by atoms with Gasteiger partial charge in [-0.3, -0.25) is 28.8 Å². The first-order valence-corrected chi connectivity index (χ1v) is 25.4. The summed E-state index contributed by atoms with van der Waals surface area (Å²) in [5.41, 5.74) is 9.68. The number of anilines is 1. The van der Waals surface area contributed by atoms with Gasteiger partial charge in [0, 0.05) is 37.8 Å². The molecule has 0 bridgehead atoms. The number of phenols is 1. The minimum Gasteiger partial charge on any atom is -0.508 e. The number of rotatable bonds is 16. The molecule has 0 atom stereocenters. The van der Waals surface area contributed by atoms with Crippen LogP contribution in [0.3, 0.4) is 0 Å². The molecule has 9 nitrogen and oxygen atoms in total. The summed E-state index contributed by atoms with van der Waals surface area (Å²) in [6, 6.07) is 39.3. The van der Waals surface area contributed by atoms with Crippen LogP contribution in [-0.2, 0) is 60.9 Å². The van der Waals surface area contributed by atoms with Gasteiger partial charge in [0.15, 0.2) is 28.9 Å². The summed E-state index contributed by atoms with van der Waals surface area (Å²) in [4.78, 5) is 72.8. The Balaban J connectivity index is 0.000000224. The van der Waals surface area contributed by atoms with Crippen LogP contribution in [-0.4, -0.2) is 45.1 Å². The van der Waals surface area contributed by atoms with Crippen molar-refractivity contribution in [3.63, 3.8) is 0 Å². The van der Waals surface area contributed by atoms with Crippen molar-refractivity contribution in [1.29, 1.82) is 0 Å². The zero-order valence-electron chi connectivity index (χ0n) is 43.3. The number of Topliss-reactive ketones (excluding diaryl/α,β-unsaturated/α-hetero) is 5. The lowest BCUT2D eigenvalue weighted by molar-refractivity contribution is -0.148. The second-order valence-corrected chi connectivity index (χ2v) is 19.9. The van der Waals surface area contributed by atoms with Gasteiger partial charge in [-0.1, -0.05) is 128 Å². The molecular weight excluding hydrogens is 1020 g/mol. The molecule has 0 saturated heterocycles. The number of hydrogen-bond acceptors (Lipinski definition) is 8. The van der Waals surface area contributed by atoms with E-state index in [1.54, 1.807) is 36.4 Å². The minimum atomic E-state index is -1.16. The van der Waals surface area contributed by atoms with Crippen molar-refractivity contribution in [2.45, 2.75) is 105 Å². The smallest absolute Gasteiger partial charge is 0.317 e. The summed E-state index contributed by atoms with van der Waals surface area (Å²) >= 11 is 0. The van der Waals surface area contributed by atoms with Crippen molar-refractivity contribution in [2.75, 3.05) is 5.73 Å². The van der Waals surface area contributed by atoms with Crippen LogP contribution in [0.25, 0.3) is 0 Å². The lowest BCUT2D eigenvalue weighted by atomic mass is 9.88. The van der Waals surface area contributed by atoms with E-state index in [4.69, 9.17) is 10.8 Å². The van der Waals surface area contributed by atoms with E-state index in [1.165, 1.54) is 66.2 Å². The molecule has 3 fully saturated rings. The minimum absolute atomic E-state index is 0. The van der Waals surface area contributed by atoms with Gasteiger partial charge in [0.25, 0.3) is 0 Å². The van der Waals surface area contributed by atoms with Gasteiger partial charge in [0.2, 0.25) is 0 Å². The monoisotopic (exact) mass is 1080 g/mol. The number of carbonyl (C=O) groups is 6. The van der Waals surface area contributed by atoms with E-state index in [0.29, 0.717) is 50.5 Å². The molecule has 0 unspecified atom stereocenters. The van der Waals surface area contributed by atoms with Crippen LogP contribution in [0.5, 0.6) is 5.75 Å². The Labute approximate surface area is 461 Å². The molecule has 0 heterocycles. The van der Waals surface area contributed by atoms with Crippen LogP contribution in [0.1, 0.15) is 97.7 Å². The zero-order chi connectivity index (χ0) is 54.9. The molecule has 0 radical (unpaired) electrons. The number of carbonyl (C=O) groups excluding carboxylic acids is 5. The van der Waals surface area contributed by atoms with Crippen LogP contribution in [0, 0.1) is 47.5 Å². The fraction of sp³-hybridized carbons (Fsp3) is 0.292. The van der Waals surface area contributed by atoms with Gasteiger partial charge in [-0.2, -0.15) is 0 Å². The van der Waals surface area contributed by atoms with E-state index >= 15 is 0 Å². The Morgan fingerprint density at radius 3 is 0.872 bits per heavy atom. The largest absolute Gasteiger partial charge is 0.508 e. The van der Waals surface area contributed by atoms with Crippen LogP contribution in [0.2, 0.25) is 0 Å². The number of allylic oxidation sites excluding steroid dienone is 4. The molecule has 3 saturated carbocycles. The van der Waals surface area contributed by atoms with Crippen LogP contribution in [0.4, 0.5) is 18.9 Å². The predicted octanol–water partition coefficient (Wildman–Crippen LogP) is 13.4. The van der Waals surface area contributed by atoms with Crippen molar-refractivity contribution in [3.05, 3.63) is 226 Å². The number of hydrogen-bond donors (Lipinski definition) is 3. The highest BCUT2D eigenvalue weighted by Crippen LogP contribution is 2.50. The second kappa shape index (κ2) is 29.2. The summed E-state index contributed by atoms with van der Waals surface area (Å²) in [5, 5.41) is 18.2. The molecule has 4 aliphatic carbocycles. The topological polar surface area (TPSA) is 169 Å². The molecule has 6 aromatic rings. The first-order valence-electron chi connectivity index (χ1n) is 25.4. The summed E-state index contributed by atoms with van der Waals surface area (Å²) in [6.45, 7) is 4.04. The number of nitrogen functional groups attached to an aromatic ring is 1. The molecule has 0 aromatic heterocycles. The van der Waals surface area contributed by atoms with E-state index in [1.807, 2.05) is 62.4 Å². The number of aromatic hydroxyl groups is 1. The third kappa shape index (κ3) is 18.5. The Morgan fingerprint density at radius 1 is 0.410 bits per heavy atom. The van der Waals surface area contributed by atoms with Crippen molar-refractivity contribution in [1.82, 2.24) is 0 Å². The van der Waals surface area contributed by atoms with Gasteiger partial charge >= 0.3 is 5.97 Å². The number of nitrogens with two attached hydrogens (primary N) is 1. The third-order valence-corrected chi connectivity index (χ3v) is 13.9. The van der Waals surface area contributed by atoms with E-state index in [0.717, 1.165) is 46.3 Å². The first-order chi connectivity index (χ1) is 36.3. The average molecular weight is 1080 g/mol. The second-order valence-electron chi connectivity index (χ2n) is 19.9. The van der Waals surface area contributed by atoms with Crippen molar-refractivity contribution in [2.24, 2.45) is 16.2 Å². The van der Waals surface area contributed by atoms with Crippen LogP contribution >= 0.6 is 12.4 Å². The molecule has 78 heavy (non-hydrogen) atoms. The van der Waals surface area contributed by atoms with Gasteiger partial charge in [0.05, 0.1) is 10.8 Å². The van der Waals surface area contributed by atoms with E-state index < -0.39 is 22.2 Å². The molecule has 6 aromatic carbocycles. The number of aryl methyl sites for hydroxylation is 2. The highest BCUT2D eigenvalue weighted by molar-refractivity contribution is 6.12. The molecule has 13 heteroatoms. The molecule has 0 aliphatic heterocycles. The van der Waals surface area contributed by atoms with Crippen molar-refractivity contribution in [3.8, 4) is 5.75 Å². The predicted molar refractivity (Wildman–Crippen MR) is 302 cm³/mol. The lowest BCUT2D eigenvalue weighted by Gasteiger charge is -2.13. The van der Waals surface area contributed by atoms with Crippen molar-refractivity contribution >= 4 is 53.0 Å². The lowest BCUT2D eigenvalue weighted by Crippen LogP contribution is -2.28. The summed E-state index contributed by atoms with van der Waals surface area (Å²) < 4.78 is 38.5. The SMILES string of the molecule is C.C1=CCC=CC1.Cc1ccc(CC(=O)C2(C(=O)Cc3ccc(F)cc3)CC2)cc1.Cc1ccc(N)cc1.Cl.O=C(Cc1ccc(O)cc1)C1(C(=O)Cc2ccc(F)cc2)CC1.O=C(O)C1(C(=O)Cc2ccc(F)cc2)CC1. The fourth-order valence-corrected chi connectivity index (χ4v) is 8.42. The normalized spacial score (nSPS) is 14.8. The van der Waals surface area contributed by atoms with Crippen LogP contribution in [0.15, 0.2) is 170 Å². The average Bonchev–Trinajstić information content (AvgIpc) is 4.40. The maximum atomic E-state index is 12.9. The first kappa shape index (κ1) is 62.8. The fourth-order valence-electron chi connectivity index (χ4n) is 8.42. The molecule has 410 valence electrons. The van der Waals surface area contributed by atoms with Crippen molar-refractivity contribution < 1.29 is 52.2 Å².